The first-order valence-electron chi connectivity index (χ1n) is 8.51. The van der Waals surface area contributed by atoms with E-state index in [1.54, 1.807) is 30.1 Å². The maximum Gasteiger partial charge on any atom is 0.206 e. The number of hydrogen-bond acceptors (Lipinski definition) is 5. The van der Waals surface area contributed by atoms with E-state index in [0.29, 0.717) is 10.0 Å². The summed E-state index contributed by atoms with van der Waals surface area (Å²) in [7, 11) is 1.65. The number of nitrogens with zero attached hydrogens (tertiary/aromatic N) is 3. The summed E-state index contributed by atoms with van der Waals surface area (Å²) in [5.74, 6) is 0.886. The van der Waals surface area contributed by atoms with Gasteiger partial charge in [0.25, 0.3) is 0 Å². The van der Waals surface area contributed by atoms with Crippen LogP contribution in [-0.4, -0.2) is 29.1 Å². The smallest absolute Gasteiger partial charge is 0.206 e. The third-order valence-corrected chi connectivity index (χ3v) is 5.70. The highest BCUT2D eigenvalue weighted by Crippen LogP contribution is 2.32. The molecule has 8 heteroatoms. The van der Waals surface area contributed by atoms with Crippen molar-refractivity contribution in [2.75, 3.05) is 7.11 Å². The van der Waals surface area contributed by atoms with Crippen LogP contribution in [0.15, 0.2) is 60.8 Å². The Morgan fingerprint density at radius 2 is 1.96 bits per heavy atom. The predicted molar refractivity (Wildman–Crippen MR) is 121 cm³/mol. The van der Waals surface area contributed by atoms with Gasteiger partial charge in [-0.05, 0) is 54.0 Å². The van der Waals surface area contributed by atoms with Gasteiger partial charge in [-0.1, -0.05) is 28.1 Å². The van der Waals surface area contributed by atoms with Crippen LogP contribution < -0.4 is 9.54 Å². The van der Waals surface area contributed by atoms with Crippen molar-refractivity contribution >= 4 is 49.4 Å². The number of para-hydroxylation sites is 1. The molecule has 0 bridgehead atoms. The Morgan fingerprint density at radius 3 is 2.68 bits per heavy atom. The minimum Gasteiger partial charge on any atom is -0.506 e. The number of phenols is 1. The SMILES string of the molecule is COc1ccccc1-c1csc(=NC(C)C)n1N=Cc1cc(Br)cc(Br)c1O. The average molecular weight is 525 g/mol. The second-order valence-electron chi connectivity index (χ2n) is 6.21. The Morgan fingerprint density at radius 1 is 1.21 bits per heavy atom. The molecule has 2 aromatic carbocycles. The summed E-state index contributed by atoms with van der Waals surface area (Å²) in [5.41, 5.74) is 2.37. The van der Waals surface area contributed by atoms with Gasteiger partial charge in [0.1, 0.15) is 11.5 Å². The van der Waals surface area contributed by atoms with E-state index in [9.17, 15) is 5.11 Å². The highest BCUT2D eigenvalue weighted by molar-refractivity contribution is 9.11. The van der Waals surface area contributed by atoms with Gasteiger partial charge < -0.3 is 9.84 Å². The molecule has 1 heterocycles. The van der Waals surface area contributed by atoms with Crippen molar-refractivity contribution in [1.82, 2.24) is 4.68 Å². The number of hydrogen-bond donors (Lipinski definition) is 1. The first kappa shape index (κ1) is 20.8. The number of aromatic nitrogens is 1. The minimum absolute atomic E-state index is 0.124. The lowest BCUT2D eigenvalue weighted by Gasteiger charge is -2.09. The summed E-state index contributed by atoms with van der Waals surface area (Å²) in [6, 6.07) is 11.5. The lowest BCUT2D eigenvalue weighted by atomic mass is 10.1. The highest BCUT2D eigenvalue weighted by atomic mass is 79.9. The molecular weight excluding hydrogens is 506 g/mol. The first-order valence-corrected chi connectivity index (χ1v) is 11.0. The number of aromatic hydroxyl groups is 1. The quantitative estimate of drug-likeness (QED) is 0.438. The maximum absolute atomic E-state index is 10.3. The number of halogens is 2. The third-order valence-electron chi connectivity index (χ3n) is 3.81. The molecule has 3 rings (SSSR count). The monoisotopic (exact) mass is 523 g/mol. The van der Waals surface area contributed by atoms with Crippen molar-refractivity contribution < 1.29 is 9.84 Å². The molecule has 0 fully saturated rings. The molecule has 0 aliphatic carbocycles. The number of phenolic OH excluding ortho intramolecular Hbond substituents is 1. The topological polar surface area (TPSA) is 59.1 Å². The number of rotatable bonds is 5. The van der Waals surface area contributed by atoms with Gasteiger partial charge in [-0.2, -0.15) is 5.10 Å². The van der Waals surface area contributed by atoms with Gasteiger partial charge in [0.15, 0.2) is 0 Å². The highest BCUT2D eigenvalue weighted by Gasteiger charge is 2.13. The van der Waals surface area contributed by atoms with Gasteiger partial charge in [0.05, 0.1) is 23.5 Å². The summed E-state index contributed by atoms with van der Waals surface area (Å²) in [6.45, 7) is 4.04. The zero-order chi connectivity index (χ0) is 20.3. The molecule has 0 unspecified atom stereocenters. The van der Waals surface area contributed by atoms with E-state index in [1.165, 1.54) is 11.3 Å². The van der Waals surface area contributed by atoms with E-state index in [4.69, 9.17) is 4.74 Å². The van der Waals surface area contributed by atoms with Crippen LogP contribution in [0, 0.1) is 0 Å². The molecule has 3 aromatic rings. The van der Waals surface area contributed by atoms with E-state index < -0.39 is 0 Å². The molecule has 1 N–H and O–H groups in total. The molecule has 0 saturated heterocycles. The average Bonchev–Trinajstić information content (AvgIpc) is 3.05. The van der Waals surface area contributed by atoms with Crippen LogP contribution in [-0.2, 0) is 0 Å². The summed E-state index contributed by atoms with van der Waals surface area (Å²) >= 11 is 8.30. The fourth-order valence-electron chi connectivity index (χ4n) is 2.57. The minimum atomic E-state index is 0.124. The molecule has 28 heavy (non-hydrogen) atoms. The Labute approximate surface area is 184 Å². The number of methoxy groups -OCH3 is 1. The van der Waals surface area contributed by atoms with Crippen LogP contribution in [0.25, 0.3) is 11.3 Å². The lowest BCUT2D eigenvalue weighted by molar-refractivity contribution is 0.416. The summed E-state index contributed by atoms with van der Waals surface area (Å²) < 4.78 is 8.72. The molecule has 0 amide bonds. The fourth-order valence-corrected chi connectivity index (χ4v) is 4.79. The van der Waals surface area contributed by atoms with Crippen molar-refractivity contribution in [3.63, 3.8) is 0 Å². The molecule has 0 spiro atoms. The molecule has 5 nitrogen and oxygen atoms in total. The van der Waals surface area contributed by atoms with E-state index in [0.717, 1.165) is 26.3 Å². The molecular formula is C20H19Br2N3O2S. The second-order valence-corrected chi connectivity index (χ2v) is 8.82. The van der Waals surface area contributed by atoms with Crippen molar-refractivity contribution in [2.24, 2.45) is 10.1 Å². The second kappa shape index (κ2) is 9.07. The molecule has 0 aliphatic heterocycles. The fraction of sp³-hybridized carbons (Fsp3) is 0.200. The Balaban J connectivity index is 2.18. The largest absolute Gasteiger partial charge is 0.506 e. The van der Waals surface area contributed by atoms with Gasteiger partial charge in [0, 0.05) is 27.0 Å². The Hall–Kier alpha value is -1.90. The summed E-state index contributed by atoms with van der Waals surface area (Å²) in [4.78, 5) is 5.44. The van der Waals surface area contributed by atoms with Gasteiger partial charge >= 0.3 is 0 Å². The van der Waals surface area contributed by atoms with Crippen LogP contribution in [0.4, 0.5) is 0 Å². The van der Waals surface area contributed by atoms with Gasteiger partial charge in [-0.25, -0.2) is 4.68 Å². The van der Waals surface area contributed by atoms with Crippen molar-refractivity contribution in [3.05, 3.63) is 61.1 Å². The zero-order valence-corrected chi connectivity index (χ0v) is 19.5. The maximum atomic E-state index is 10.3. The van der Waals surface area contributed by atoms with E-state index in [-0.39, 0.29) is 11.8 Å². The molecule has 0 saturated carbocycles. The number of benzene rings is 2. The summed E-state index contributed by atoms with van der Waals surface area (Å²) in [6.07, 6.45) is 1.62. The van der Waals surface area contributed by atoms with Crippen molar-refractivity contribution in [3.8, 4) is 22.8 Å². The Kier molecular flexibility index (Phi) is 6.74. The van der Waals surface area contributed by atoms with Crippen molar-refractivity contribution in [2.45, 2.75) is 19.9 Å². The van der Waals surface area contributed by atoms with Gasteiger partial charge in [-0.15, -0.1) is 11.3 Å². The molecule has 1 aromatic heterocycles. The zero-order valence-electron chi connectivity index (χ0n) is 15.6. The third kappa shape index (κ3) is 4.56. The van der Waals surface area contributed by atoms with Crippen LogP contribution >= 0.6 is 43.2 Å². The van der Waals surface area contributed by atoms with Gasteiger partial charge in [-0.3, -0.25) is 4.99 Å². The standard InChI is InChI=1S/C20H19Br2N3O2S/c1-12(2)24-20-25(23-10-13-8-14(21)9-16(22)19(13)26)17(11-28-20)15-6-4-5-7-18(15)27-3/h4-12,26H,1-3H3. The number of thiazole rings is 1. The molecule has 0 atom stereocenters. The predicted octanol–water partition coefficient (Wildman–Crippen LogP) is 5.65. The van der Waals surface area contributed by atoms with Crippen LogP contribution in [0.3, 0.4) is 0 Å². The molecule has 146 valence electrons. The van der Waals surface area contributed by atoms with Crippen LogP contribution in [0.1, 0.15) is 19.4 Å². The van der Waals surface area contributed by atoms with E-state index in [2.05, 4.69) is 42.0 Å². The van der Waals surface area contributed by atoms with Crippen LogP contribution in [0.5, 0.6) is 11.5 Å². The van der Waals surface area contributed by atoms with E-state index >= 15 is 0 Å². The molecule has 0 aliphatic rings. The number of ether oxygens (including phenoxy) is 1. The normalized spacial score (nSPS) is 12.3. The molecule has 0 radical (unpaired) electrons. The van der Waals surface area contributed by atoms with Gasteiger partial charge in [0.2, 0.25) is 4.80 Å². The summed E-state index contributed by atoms with van der Waals surface area (Å²) in [5, 5.41) is 17.0. The van der Waals surface area contributed by atoms with Crippen LogP contribution in [0.2, 0.25) is 0 Å². The first-order chi connectivity index (χ1) is 13.4. The Bertz CT molecular complexity index is 1090. The van der Waals surface area contributed by atoms with Crippen molar-refractivity contribution in [1.29, 1.82) is 0 Å². The lowest BCUT2D eigenvalue weighted by Crippen LogP contribution is -2.14. The van der Waals surface area contributed by atoms with E-state index in [1.807, 2.05) is 43.5 Å².